The van der Waals surface area contributed by atoms with E-state index < -0.39 is 20.2 Å². The largest absolute Gasteiger partial charge is 0.282 e. The van der Waals surface area contributed by atoms with Gasteiger partial charge in [-0.15, -0.1) is 0 Å². The molecule has 0 unspecified atom stereocenters. The molecule has 1 aromatic carbocycles. The molecule has 1 rings (SSSR count). The van der Waals surface area contributed by atoms with Crippen LogP contribution in [0, 0.1) is 10.1 Å². The van der Waals surface area contributed by atoms with Gasteiger partial charge in [0.25, 0.3) is 5.69 Å². The Kier molecular flexibility index (Phi) is 4.10. The molecule has 0 fully saturated rings. The van der Waals surface area contributed by atoms with Crippen molar-refractivity contribution in [3.63, 3.8) is 0 Å². The average molecular weight is 323 g/mol. The SMILES string of the molecule is CC(C)S(=O)(=O)Nc1cc([N+](=O)[O-])ccc1Br. The fourth-order valence-electron chi connectivity index (χ4n) is 0.976. The van der Waals surface area contributed by atoms with Crippen molar-refractivity contribution in [1.29, 1.82) is 0 Å². The number of sulfonamides is 1. The number of rotatable bonds is 4. The Balaban J connectivity index is 3.15. The zero-order chi connectivity index (χ0) is 13.2. The number of benzene rings is 1. The number of nitro groups is 1. The smallest absolute Gasteiger partial charge is 0.271 e. The first-order chi connectivity index (χ1) is 7.74. The summed E-state index contributed by atoms with van der Waals surface area (Å²) in [5.41, 5.74) is -0.0115. The third-order valence-corrected chi connectivity index (χ3v) is 4.47. The standard InChI is InChI=1S/C9H11BrN2O4S/c1-6(2)17(15,16)11-9-5-7(12(13)14)3-4-8(9)10/h3-6,11H,1-2H3. The lowest BCUT2D eigenvalue weighted by molar-refractivity contribution is -0.384. The Morgan fingerprint density at radius 1 is 1.41 bits per heavy atom. The van der Waals surface area contributed by atoms with Gasteiger partial charge in [-0.3, -0.25) is 14.8 Å². The normalized spacial score (nSPS) is 11.5. The van der Waals surface area contributed by atoms with Gasteiger partial charge in [-0.1, -0.05) is 0 Å². The van der Waals surface area contributed by atoms with Gasteiger partial charge in [-0.25, -0.2) is 8.42 Å². The van der Waals surface area contributed by atoms with Crippen LogP contribution in [0.2, 0.25) is 0 Å². The van der Waals surface area contributed by atoms with Crippen LogP contribution in [0.3, 0.4) is 0 Å². The molecule has 0 aliphatic heterocycles. The van der Waals surface area contributed by atoms with Crippen molar-refractivity contribution in [3.05, 3.63) is 32.8 Å². The molecule has 0 heterocycles. The summed E-state index contributed by atoms with van der Waals surface area (Å²) in [6.45, 7) is 3.04. The number of hydrogen-bond donors (Lipinski definition) is 1. The summed E-state index contributed by atoms with van der Waals surface area (Å²) in [4.78, 5) is 9.99. The second kappa shape index (κ2) is 5.01. The highest BCUT2D eigenvalue weighted by Crippen LogP contribution is 2.28. The van der Waals surface area contributed by atoms with Crippen LogP contribution in [0.25, 0.3) is 0 Å². The minimum Gasteiger partial charge on any atom is -0.282 e. The van der Waals surface area contributed by atoms with Crippen LogP contribution in [0.5, 0.6) is 0 Å². The maximum atomic E-state index is 11.6. The van der Waals surface area contributed by atoms with Crippen molar-refractivity contribution in [3.8, 4) is 0 Å². The second-order valence-corrected chi connectivity index (χ2v) is 6.71. The van der Waals surface area contributed by atoms with Crippen molar-refractivity contribution in [2.24, 2.45) is 0 Å². The van der Waals surface area contributed by atoms with Gasteiger partial charge < -0.3 is 0 Å². The summed E-state index contributed by atoms with van der Waals surface area (Å²) in [6.07, 6.45) is 0. The van der Waals surface area contributed by atoms with Gasteiger partial charge in [0, 0.05) is 16.6 Å². The number of halogens is 1. The van der Waals surface area contributed by atoms with Crippen LogP contribution in [0.4, 0.5) is 11.4 Å². The Morgan fingerprint density at radius 3 is 2.47 bits per heavy atom. The summed E-state index contributed by atoms with van der Waals surface area (Å²) >= 11 is 3.13. The summed E-state index contributed by atoms with van der Waals surface area (Å²) < 4.78 is 26.0. The fourth-order valence-corrected chi connectivity index (χ4v) is 2.16. The number of nitro benzene ring substituents is 1. The molecule has 0 amide bonds. The van der Waals surface area contributed by atoms with Gasteiger partial charge in [-0.2, -0.15) is 0 Å². The zero-order valence-corrected chi connectivity index (χ0v) is 11.6. The first-order valence-electron chi connectivity index (χ1n) is 4.69. The van der Waals surface area contributed by atoms with Gasteiger partial charge in [-0.05, 0) is 35.8 Å². The van der Waals surface area contributed by atoms with Gasteiger partial charge >= 0.3 is 0 Å². The molecule has 0 aromatic heterocycles. The number of anilines is 1. The van der Waals surface area contributed by atoms with Gasteiger partial charge in [0.05, 0.1) is 15.9 Å². The molecule has 0 aliphatic carbocycles. The van der Waals surface area contributed by atoms with E-state index in [1.54, 1.807) is 0 Å². The Hall–Kier alpha value is -1.15. The van der Waals surface area contributed by atoms with Crippen molar-refractivity contribution in [2.75, 3.05) is 4.72 Å². The molecule has 17 heavy (non-hydrogen) atoms. The lowest BCUT2D eigenvalue weighted by Gasteiger charge is -2.11. The van der Waals surface area contributed by atoms with E-state index >= 15 is 0 Å². The Bertz CT molecular complexity index is 542. The van der Waals surface area contributed by atoms with E-state index in [1.807, 2.05) is 0 Å². The maximum absolute atomic E-state index is 11.6. The average Bonchev–Trinajstić information content (AvgIpc) is 2.20. The van der Waals surface area contributed by atoms with Crippen LogP contribution < -0.4 is 4.72 Å². The minimum absolute atomic E-state index is 0.160. The molecule has 0 radical (unpaired) electrons. The molecular formula is C9H11BrN2O4S. The third-order valence-electron chi connectivity index (χ3n) is 2.03. The van der Waals surface area contributed by atoms with Crippen LogP contribution in [0.1, 0.15) is 13.8 Å². The van der Waals surface area contributed by atoms with Crippen molar-refractivity contribution >= 4 is 37.3 Å². The molecule has 0 spiro atoms. The lowest BCUT2D eigenvalue weighted by atomic mass is 10.3. The first-order valence-corrected chi connectivity index (χ1v) is 7.03. The van der Waals surface area contributed by atoms with Crippen molar-refractivity contribution in [1.82, 2.24) is 0 Å². The van der Waals surface area contributed by atoms with E-state index in [-0.39, 0.29) is 11.4 Å². The molecule has 0 saturated heterocycles. The number of nitrogens with one attached hydrogen (secondary N) is 1. The first kappa shape index (κ1) is 13.9. The monoisotopic (exact) mass is 322 g/mol. The third kappa shape index (κ3) is 3.40. The van der Waals surface area contributed by atoms with Crippen LogP contribution >= 0.6 is 15.9 Å². The van der Waals surface area contributed by atoms with Crippen molar-refractivity contribution < 1.29 is 13.3 Å². The molecule has 0 saturated carbocycles. The maximum Gasteiger partial charge on any atom is 0.271 e. The van der Waals surface area contributed by atoms with E-state index in [0.29, 0.717) is 4.47 Å². The van der Waals surface area contributed by atoms with E-state index in [4.69, 9.17) is 0 Å². The molecule has 0 bridgehead atoms. The van der Waals surface area contributed by atoms with Gasteiger partial charge in [0.2, 0.25) is 10.0 Å². The van der Waals surface area contributed by atoms with E-state index in [9.17, 15) is 18.5 Å². The predicted molar refractivity (Wildman–Crippen MR) is 68.5 cm³/mol. The fraction of sp³-hybridized carbons (Fsp3) is 0.333. The highest BCUT2D eigenvalue weighted by Gasteiger charge is 2.18. The topological polar surface area (TPSA) is 89.3 Å². The van der Waals surface area contributed by atoms with Crippen LogP contribution in [-0.4, -0.2) is 18.6 Å². The molecule has 1 aromatic rings. The van der Waals surface area contributed by atoms with Crippen LogP contribution in [-0.2, 0) is 10.0 Å². The summed E-state index contributed by atoms with van der Waals surface area (Å²) in [7, 11) is -3.52. The highest BCUT2D eigenvalue weighted by molar-refractivity contribution is 9.10. The quantitative estimate of drug-likeness (QED) is 0.681. The Labute approximate surface area is 107 Å². The van der Waals surface area contributed by atoms with Gasteiger partial charge in [0.15, 0.2) is 0 Å². The van der Waals surface area contributed by atoms with E-state index in [2.05, 4.69) is 20.7 Å². The highest BCUT2D eigenvalue weighted by atomic mass is 79.9. The van der Waals surface area contributed by atoms with Gasteiger partial charge in [0.1, 0.15) is 0 Å². The Morgan fingerprint density at radius 2 is 2.00 bits per heavy atom. The molecule has 0 aliphatic rings. The molecule has 8 heteroatoms. The molecule has 1 N–H and O–H groups in total. The molecule has 94 valence electrons. The second-order valence-electron chi connectivity index (χ2n) is 3.62. The van der Waals surface area contributed by atoms with Crippen LogP contribution in [0.15, 0.2) is 22.7 Å². The number of hydrogen-bond acceptors (Lipinski definition) is 4. The van der Waals surface area contributed by atoms with E-state index in [1.165, 1.54) is 32.0 Å². The number of non-ortho nitro benzene ring substituents is 1. The molecule has 6 nitrogen and oxygen atoms in total. The number of nitrogens with zero attached hydrogens (tertiary/aromatic N) is 1. The summed E-state index contributed by atoms with van der Waals surface area (Å²) in [6, 6.07) is 3.89. The zero-order valence-electron chi connectivity index (χ0n) is 9.18. The van der Waals surface area contributed by atoms with E-state index in [0.717, 1.165) is 0 Å². The lowest BCUT2D eigenvalue weighted by Crippen LogP contribution is -2.22. The summed E-state index contributed by atoms with van der Waals surface area (Å²) in [5.74, 6) is 0. The molecule has 0 atom stereocenters. The van der Waals surface area contributed by atoms with Crippen molar-refractivity contribution in [2.45, 2.75) is 19.1 Å². The summed E-state index contributed by atoms with van der Waals surface area (Å²) in [5, 5.41) is 9.96. The minimum atomic E-state index is -3.52. The predicted octanol–water partition coefficient (Wildman–Crippen LogP) is 2.51. The molecular weight excluding hydrogens is 312 g/mol.